The van der Waals surface area contributed by atoms with Crippen LogP contribution in [0.15, 0.2) is 53.6 Å². The number of benzene rings is 2. The lowest BCUT2D eigenvalue weighted by Crippen LogP contribution is -2.46. The Kier molecular flexibility index (Phi) is 8.89. The molecule has 0 bridgehead atoms. The summed E-state index contributed by atoms with van der Waals surface area (Å²) in [6, 6.07) is 15.2. The van der Waals surface area contributed by atoms with E-state index in [0.717, 1.165) is 11.3 Å². The van der Waals surface area contributed by atoms with Crippen LogP contribution >= 0.6 is 0 Å². The van der Waals surface area contributed by atoms with E-state index in [1.54, 1.807) is 11.0 Å². The topological polar surface area (TPSA) is 129 Å². The van der Waals surface area contributed by atoms with Gasteiger partial charge in [-0.3, -0.25) is 14.4 Å². The summed E-state index contributed by atoms with van der Waals surface area (Å²) in [7, 11) is -1.50. The first kappa shape index (κ1) is 31.1. The molecule has 0 unspecified atom stereocenters. The second-order valence-corrected chi connectivity index (χ2v) is 16.2. The SMILES string of the molecule is COC(=O)CCCCN1C(=O)[C@@]2(O[C@@H](CCO)[C@H]([Si](C)(C)O)[C@H]2C)c2cc(N3N=C(c4ccccc4)CCC3=O)ccc21. The van der Waals surface area contributed by atoms with E-state index < -0.39 is 25.9 Å². The Balaban J connectivity index is 1.57. The quantitative estimate of drug-likeness (QED) is 0.237. The third-order valence-corrected chi connectivity index (χ3v) is 11.5. The van der Waals surface area contributed by atoms with Gasteiger partial charge in [-0.05, 0) is 56.1 Å². The number of ether oxygens (including phenoxy) is 2. The molecule has 4 atom stereocenters. The first-order chi connectivity index (χ1) is 20.5. The normalized spacial score (nSPS) is 25.3. The molecule has 0 saturated carbocycles. The van der Waals surface area contributed by atoms with Crippen LogP contribution in [0.2, 0.25) is 18.6 Å². The average molecular weight is 608 g/mol. The molecular formula is C32H41N3O7Si. The second kappa shape index (κ2) is 12.3. The minimum Gasteiger partial charge on any atom is -0.469 e. The highest BCUT2D eigenvalue weighted by Gasteiger charge is 2.66. The van der Waals surface area contributed by atoms with Gasteiger partial charge in [0.05, 0.1) is 30.3 Å². The number of carbonyl (C=O) groups is 3. The first-order valence-electron chi connectivity index (χ1n) is 15.0. The van der Waals surface area contributed by atoms with E-state index in [-0.39, 0.29) is 36.4 Å². The largest absolute Gasteiger partial charge is 0.469 e. The zero-order valence-electron chi connectivity index (χ0n) is 25.3. The lowest BCUT2D eigenvalue weighted by Gasteiger charge is -2.32. The number of nitrogens with zero attached hydrogens (tertiary/aromatic N) is 3. The van der Waals surface area contributed by atoms with E-state index in [1.807, 2.05) is 62.5 Å². The highest BCUT2D eigenvalue weighted by Crippen LogP contribution is 2.60. The van der Waals surface area contributed by atoms with Crippen LogP contribution in [-0.4, -0.2) is 68.1 Å². The predicted molar refractivity (Wildman–Crippen MR) is 165 cm³/mol. The number of hydrogen-bond acceptors (Lipinski definition) is 8. The van der Waals surface area contributed by atoms with Gasteiger partial charge in [0, 0.05) is 49.4 Å². The van der Waals surface area contributed by atoms with Gasteiger partial charge in [0.25, 0.3) is 5.91 Å². The number of rotatable bonds is 10. The van der Waals surface area contributed by atoms with Crippen molar-refractivity contribution in [2.24, 2.45) is 11.0 Å². The van der Waals surface area contributed by atoms with Crippen molar-refractivity contribution in [3.63, 3.8) is 0 Å². The molecule has 10 nitrogen and oxygen atoms in total. The Morgan fingerprint density at radius 1 is 1.14 bits per heavy atom. The van der Waals surface area contributed by atoms with E-state index >= 15 is 0 Å². The minimum absolute atomic E-state index is 0.133. The molecule has 0 aliphatic carbocycles. The van der Waals surface area contributed by atoms with Gasteiger partial charge in [0.15, 0.2) is 13.9 Å². The Morgan fingerprint density at radius 3 is 2.56 bits per heavy atom. The van der Waals surface area contributed by atoms with Gasteiger partial charge in [0.2, 0.25) is 5.91 Å². The zero-order chi connectivity index (χ0) is 30.9. The number of amides is 2. The lowest BCUT2D eigenvalue weighted by molar-refractivity contribution is -0.146. The minimum atomic E-state index is -2.85. The Hall–Kier alpha value is -3.38. The molecule has 5 rings (SSSR count). The maximum atomic E-state index is 14.5. The summed E-state index contributed by atoms with van der Waals surface area (Å²) < 4.78 is 11.5. The monoisotopic (exact) mass is 607 g/mol. The van der Waals surface area contributed by atoms with Crippen LogP contribution in [-0.2, 0) is 29.5 Å². The average Bonchev–Trinajstić information content (AvgIpc) is 3.42. The van der Waals surface area contributed by atoms with Gasteiger partial charge in [-0.1, -0.05) is 37.3 Å². The molecular weight excluding hydrogens is 566 g/mol. The number of hydrazone groups is 1. The number of unbranched alkanes of at least 4 members (excludes halogenated alkanes) is 1. The standard InChI is InChI=1S/C32H41N3O7Si/c1-21-30(43(3,4)40)27(17-19-36)42-32(21)24-20-23(35-28(37)16-14-25(33-35)22-10-6-5-7-11-22)13-15-26(24)34(31(32)39)18-9-8-12-29(38)41-2/h5-7,10-11,13,15,20-21,27,30,36,40H,8-9,12,14,16-19H2,1-4H3/t21-,27+,30-,32+/m1/s1. The second-order valence-electron chi connectivity index (χ2n) is 12.2. The summed E-state index contributed by atoms with van der Waals surface area (Å²) in [5, 5.41) is 16.0. The van der Waals surface area contributed by atoms with E-state index in [9.17, 15) is 24.3 Å². The maximum Gasteiger partial charge on any atom is 0.305 e. The Morgan fingerprint density at radius 2 is 1.88 bits per heavy atom. The molecule has 11 heteroatoms. The highest BCUT2D eigenvalue weighted by atomic mass is 28.4. The summed E-state index contributed by atoms with van der Waals surface area (Å²) >= 11 is 0. The molecule has 1 spiro atoms. The molecule has 0 aromatic heterocycles. The van der Waals surface area contributed by atoms with E-state index in [1.165, 1.54) is 12.1 Å². The van der Waals surface area contributed by atoms with Crippen molar-refractivity contribution in [3.8, 4) is 0 Å². The van der Waals surface area contributed by atoms with Crippen molar-refractivity contribution in [1.82, 2.24) is 0 Å². The van der Waals surface area contributed by atoms with Gasteiger partial charge in [-0.2, -0.15) is 5.10 Å². The fourth-order valence-electron chi connectivity index (χ4n) is 7.05. The molecule has 3 aliphatic rings. The van der Waals surface area contributed by atoms with E-state index in [0.29, 0.717) is 55.6 Å². The van der Waals surface area contributed by atoms with Crippen molar-refractivity contribution >= 4 is 43.2 Å². The number of aliphatic hydroxyl groups is 1. The van der Waals surface area contributed by atoms with Crippen LogP contribution in [0, 0.1) is 5.92 Å². The summed E-state index contributed by atoms with van der Waals surface area (Å²) in [6.07, 6.45) is 2.01. The molecule has 2 amide bonds. The third-order valence-electron chi connectivity index (χ3n) is 9.01. The molecule has 43 heavy (non-hydrogen) atoms. The number of carbonyl (C=O) groups excluding carboxylic acids is 3. The van der Waals surface area contributed by atoms with Crippen molar-refractivity contribution in [1.29, 1.82) is 0 Å². The molecule has 0 radical (unpaired) electrons. The van der Waals surface area contributed by atoms with Crippen LogP contribution in [0.5, 0.6) is 0 Å². The molecule has 2 aromatic carbocycles. The fraction of sp³-hybridized carbons (Fsp3) is 0.500. The Labute approximate surface area is 253 Å². The number of fused-ring (bicyclic) bond motifs is 2. The van der Waals surface area contributed by atoms with Gasteiger partial charge in [-0.25, -0.2) is 5.01 Å². The van der Waals surface area contributed by atoms with Crippen LogP contribution in [0.4, 0.5) is 11.4 Å². The summed E-state index contributed by atoms with van der Waals surface area (Å²) in [4.78, 5) is 52.4. The fourth-order valence-corrected chi connectivity index (χ4v) is 9.65. The van der Waals surface area contributed by atoms with Crippen molar-refractivity contribution in [2.45, 2.75) is 75.8 Å². The summed E-state index contributed by atoms with van der Waals surface area (Å²) in [5.41, 5.74) is 1.90. The van der Waals surface area contributed by atoms with Gasteiger partial charge in [-0.15, -0.1) is 0 Å². The van der Waals surface area contributed by atoms with Crippen LogP contribution < -0.4 is 9.91 Å². The third kappa shape index (κ3) is 5.66. The number of hydrogen-bond donors (Lipinski definition) is 2. The van der Waals surface area contributed by atoms with E-state index in [4.69, 9.17) is 14.6 Å². The highest BCUT2D eigenvalue weighted by molar-refractivity contribution is 6.71. The number of aliphatic hydroxyl groups excluding tert-OH is 1. The predicted octanol–water partition coefficient (Wildman–Crippen LogP) is 4.09. The number of methoxy groups -OCH3 is 1. The summed E-state index contributed by atoms with van der Waals surface area (Å²) in [6.45, 7) is 5.86. The van der Waals surface area contributed by atoms with Crippen LogP contribution in [0.25, 0.3) is 0 Å². The zero-order valence-corrected chi connectivity index (χ0v) is 26.3. The molecule has 1 saturated heterocycles. The van der Waals surface area contributed by atoms with E-state index in [2.05, 4.69) is 0 Å². The van der Waals surface area contributed by atoms with Gasteiger partial charge >= 0.3 is 5.97 Å². The molecule has 3 heterocycles. The lowest BCUT2D eigenvalue weighted by atomic mass is 9.82. The van der Waals surface area contributed by atoms with Gasteiger partial charge < -0.3 is 24.3 Å². The maximum absolute atomic E-state index is 14.5. The summed E-state index contributed by atoms with van der Waals surface area (Å²) in [5.74, 6) is -1.06. The number of esters is 1. The molecule has 2 N–H and O–H groups in total. The molecule has 230 valence electrons. The molecule has 2 aromatic rings. The van der Waals surface area contributed by atoms with Crippen LogP contribution in [0.1, 0.15) is 56.6 Å². The van der Waals surface area contributed by atoms with Crippen molar-refractivity contribution in [2.75, 3.05) is 30.2 Å². The molecule has 1 fully saturated rings. The molecule has 3 aliphatic heterocycles. The number of anilines is 2. The van der Waals surface area contributed by atoms with Gasteiger partial charge in [0.1, 0.15) is 0 Å². The first-order valence-corrected chi connectivity index (χ1v) is 18.1. The Bertz CT molecular complexity index is 1410. The van der Waals surface area contributed by atoms with Crippen molar-refractivity contribution in [3.05, 3.63) is 59.7 Å². The van der Waals surface area contributed by atoms with Crippen molar-refractivity contribution < 1.29 is 33.8 Å². The van der Waals surface area contributed by atoms with Crippen LogP contribution in [0.3, 0.4) is 0 Å². The smallest absolute Gasteiger partial charge is 0.305 e.